The number of benzene rings is 1. The molecule has 0 spiro atoms. The first-order chi connectivity index (χ1) is 11.5. The highest BCUT2D eigenvalue weighted by molar-refractivity contribution is 5.91. The molecule has 0 bridgehead atoms. The predicted octanol–water partition coefficient (Wildman–Crippen LogP) is 2.25. The molecule has 24 heavy (non-hydrogen) atoms. The normalized spacial score (nSPS) is 15.9. The first-order valence-electron chi connectivity index (χ1n) is 8.12. The number of carbonyl (C=O) groups is 2. The van der Waals surface area contributed by atoms with E-state index in [2.05, 4.69) is 11.4 Å². The maximum absolute atomic E-state index is 12.0. The third kappa shape index (κ3) is 4.48. The molecule has 0 aromatic heterocycles. The highest BCUT2D eigenvalue weighted by Gasteiger charge is 2.33. The summed E-state index contributed by atoms with van der Waals surface area (Å²) in [5.41, 5.74) is 0.549. The molecule has 0 saturated heterocycles. The zero-order valence-electron chi connectivity index (χ0n) is 14.2. The van der Waals surface area contributed by atoms with Crippen LogP contribution in [0.5, 0.6) is 0 Å². The summed E-state index contributed by atoms with van der Waals surface area (Å²) in [5, 5.41) is 12.1. The molecule has 0 aliphatic heterocycles. The molecule has 0 radical (unpaired) electrons. The molecule has 1 aromatic carbocycles. The van der Waals surface area contributed by atoms with Gasteiger partial charge in [-0.15, -0.1) is 0 Å². The number of carbonyl (C=O) groups excluding carboxylic acids is 2. The Labute approximate surface area is 142 Å². The number of hydrogen-bond acceptors (Lipinski definition) is 5. The van der Waals surface area contributed by atoms with Crippen molar-refractivity contribution in [2.75, 3.05) is 25.6 Å². The lowest BCUT2D eigenvalue weighted by atomic mass is 9.83. The van der Waals surface area contributed by atoms with Gasteiger partial charge >= 0.3 is 5.97 Å². The van der Waals surface area contributed by atoms with E-state index in [1.807, 2.05) is 31.1 Å². The molecule has 0 heterocycles. The largest absolute Gasteiger partial charge is 0.452 e. The molecular weight excluding hydrogens is 306 g/mol. The van der Waals surface area contributed by atoms with Crippen molar-refractivity contribution in [3.63, 3.8) is 0 Å². The average Bonchev–Trinajstić information content (AvgIpc) is 2.60. The van der Waals surface area contributed by atoms with Crippen molar-refractivity contribution in [2.45, 2.75) is 37.6 Å². The van der Waals surface area contributed by atoms with E-state index < -0.39 is 17.4 Å². The van der Waals surface area contributed by atoms with E-state index in [-0.39, 0.29) is 6.61 Å². The van der Waals surface area contributed by atoms with Crippen LogP contribution in [0.1, 0.15) is 42.5 Å². The monoisotopic (exact) mass is 329 g/mol. The Morgan fingerprint density at radius 3 is 2.38 bits per heavy atom. The van der Waals surface area contributed by atoms with Crippen LogP contribution in [0.2, 0.25) is 0 Å². The number of nitrogens with zero attached hydrogens (tertiary/aromatic N) is 2. The molecule has 6 heteroatoms. The fourth-order valence-corrected chi connectivity index (χ4v) is 2.83. The lowest BCUT2D eigenvalue weighted by Crippen LogP contribution is -2.50. The Morgan fingerprint density at radius 1 is 1.21 bits per heavy atom. The molecule has 1 aliphatic carbocycles. The zero-order valence-corrected chi connectivity index (χ0v) is 14.2. The molecule has 1 aromatic rings. The van der Waals surface area contributed by atoms with Crippen LogP contribution in [0.25, 0.3) is 0 Å². The SMILES string of the molecule is CN(C)c1ccc(C(=O)OCC(=O)NC2(C#N)CCCCC2)cc1. The fourth-order valence-electron chi connectivity index (χ4n) is 2.83. The van der Waals surface area contributed by atoms with Gasteiger partial charge in [0.15, 0.2) is 6.61 Å². The fraction of sp³-hybridized carbons (Fsp3) is 0.500. The van der Waals surface area contributed by atoms with Crippen molar-refractivity contribution in [1.82, 2.24) is 5.32 Å². The van der Waals surface area contributed by atoms with Crippen molar-refractivity contribution in [1.29, 1.82) is 5.26 Å². The van der Waals surface area contributed by atoms with Crippen LogP contribution in [0, 0.1) is 11.3 Å². The summed E-state index contributed by atoms with van der Waals surface area (Å²) in [4.78, 5) is 25.9. The van der Waals surface area contributed by atoms with Gasteiger partial charge in [-0.1, -0.05) is 19.3 Å². The molecule has 0 atom stereocenters. The Bertz CT molecular complexity index is 626. The van der Waals surface area contributed by atoms with Crippen molar-refractivity contribution in [2.24, 2.45) is 0 Å². The van der Waals surface area contributed by atoms with E-state index in [4.69, 9.17) is 4.74 Å². The van der Waals surface area contributed by atoms with E-state index in [9.17, 15) is 14.9 Å². The van der Waals surface area contributed by atoms with Crippen LogP contribution in [-0.2, 0) is 9.53 Å². The summed E-state index contributed by atoms with van der Waals surface area (Å²) < 4.78 is 5.05. The topological polar surface area (TPSA) is 82.4 Å². The zero-order chi connectivity index (χ0) is 17.6. The van der Waals surface area contributed by atoms with Crippen LogP contribution in [0.3, 0.4) is 0 Å². The van der Waals surface area contributed by atoms with E-state index in [0.29, 0.717) is 18.4 Å². The van der Waals surface area contributed by atoms with Gasteiger partial charge in [0, 0.05) is 19.8 Å². The number of esters is 1. The van der Waals surface area contributed by atoms with Crippen molar-refractivity contribution in [3.8, 4) is 6.07 Å². The van der Waals surface area contributed by atoms with Gasteiger partial charge in [-0.25, -0.2) is 4.79 Å². The second-order valence-corrected chi connectivity index (χ2v) is 6.32. The quantitative estimate of drug-likeness (QED) is 0.838. The highest BCUT2D eigenvalue weighted by atomic mass is 16.5. The maximum atomic E-state index is 12.0. The van der Waals surface area contributed by atoms with E-state index in [0.717, 1.165) is 24.9 Å². The number of amides is 1. The second-order valence-electron chi connectivity index (χ2n) is 6.32. The number of nitriles is 1. The van der Waals surface area contributed by atoms with Crippen molar-refractivity contribution < 1.29 is 14.3 Å². The Balaban J connectivity index is 1.86. The van der Waals surface area contributed by atoms with E-state index in [1.165, 1.54) is 0 Å². The lowest BCUT2D eigenvalue weighted by molar-refractivity contribution is -0.125. The second kappa shape index (κ2) is 7.82. The first-order valence-corrected chi connectivity index (χ1v) is 8.12. The van der Waals surface area contributed by atoms with Crippen LogP contribution in [0.4, 0.5) is 5.69 Å². The number of anilines is 1. The third-order valence-electron chi connectivity index (χ3n) is 4.25. The standard InChI is InChI=1S/C18H23N3O3/c1-21(2)15-8-6-14(7-9-15)17(23)24-12-16(22)20-18(13-19)10-4-3-5-11-18/h6-9H,3-5,10-12H2,1-2H3,(H,20,22). The third-order valence-corrected chi connectivity index (χ3v) is 4.25. The number of nitrogens with one attached hydrogen (secondary N) is 1. The van der Waals surface area contributed by atoms with E-state index in [1.54, 1.807) is 12.1 Å². The van der Waals surface area contributed by atoms with Gasteiger partial charge in [0.25, 0.3) is 5.91 Å². The molecule has 1 amide bonds. The van der Waals surface area contributed by atoms with Gasteiger partial charge in [0.05, 0.1) is 11.6 Å². The van der Waals surface area contributed by atoms with Crippen LogP contribution in [-0.4, -0.2) is 38.1 Å². The molecule has 2 rings (SSSR count). The lowest BCUT2D eigenvalue weighted by Gasteiger charge is -2.31. The number of rotatable bonds is 5. The predicted molar refractivity (Wildman–Crippen MR) is 90.6 cm³/mol. The van der Waals surface area contributed by atoms with Gasteiger partial charge in [-0.2, -0.15) is 5.26 Å². The van der Waals surface area contributed by atoms with Gasteiger partial charge in [0.1, 0.15) is 5.54 Å². The molecule has 128 valence electrons. The van der Waals surface area contributed by atoms with Gasteiger partial charge in [-0.3, -0.25) is 4.79 Å². The summed E-state index contributed by atoms with van der Waals surface area (Å²) in [6.07, 6.45) is 4.22. The average molecular weight is 329 g/mol. The van der Waals surface area contributed by atoms with Gasteiger partial charge in [0.2, 0.25) is 0 Å². The summed E-state index contributed by atoms with van der Waals surface area (Å²) in [5.74, 6) is -0.984. The van der Waals surface area contributed by atoms with Crippen LogP contribution in [0.15, 0.2) is 24.3 Å². The first kappa shape index (κ1) is 17.8. The van der Waals surface area contributed by atoms with Crippen molar-refractivity contribution >= 4 is 17.6 Å². The molecule has 1 saturated carbocycles. The Hall–Kier alpha value is -2.55. The molecule has 1 fully saturated rings. The summed E-state index contributed by atoms with van der Waals surface area (Å²) in [7, 11) is 3.82. The maximum Gasteiger partial charge on any atom is 0.338 e. The minimum Gasteiger partial charge on any atom is -0.452 e. The summed E-state index contributed by atoms with van der Waals surface area (Å²) >= 11 is 0. The molecule has 0 unspecified atom stereocenters. The molecule has 1 aliphatic rings. The highest BCUT2D eigenvalue weighted by Crippen LogP contribution is 2.27. The molecule has 1 N–H and O–H groups in total. The van der Waals surface area contributed by atoms with Crippen LogP contribution >= 0.6 is 0 Å². The molecule has 6 nitrogen and oxygen atoms in total. The number of hydrogen-bond donors (Lipinski definition) is 1. The van der Waals surface area contributed by atoms with E-state index >= 15 is 0 Å². The Kier molecular flexibility index (Phi) is 5.80. The van der Waals surface area contributed by atoms with Gasteiger partial charge < -0.3 is 15.0 Å². The Morgan fingerprint density at radius 2 is 1.83 bits per heavy atom. The smallest absolute Gasteiger partial charge is 0.338 e. The van der Waals surface area contributed by atoms with Gasteiger partial charge in [-0.05, 0) is 37.1 Å². The summed E-state index contributed by atoms with van der Waals surface area (Å²) in [6.45, 7) is -0.377. The molecular formula is C18H23N3O3. The van der Waals surface area contributed by atoms with Crippen molar-refractivity contribution in [3.05, 3.63) is 29.8 Å². The minimum atomic E-state index is -0.810. The number of ether oxygens (including phenoxy) is 1. The summed E-state index contributed by atoms with van der Waals surface area (Å²) in [6, 6.07) is 9.15. The minimum absolute atomic E-state index is 0.377. The van der Waals surface area contributed by atoms with Crippen LogP contribution < -0.4 is 10.2 Å².